The second-order valence-corrected chi connectivity index (χ2v) is 4.66. The highest BCUT2D eigenvalue weighted by atomic mass is 79.9. The lowest BCUT2D eigenvalue weighted by Gasteiger charge is -2.13. The molecule has 0 bridgehead atoms. The van der Waals surface area contributed by atoms with Gasteiger partial charge in [-0.25, -0.2) is 9.78 Å². The maximum Gasteiger partial charge on any atom is 0.409 e. The van der Waals surface area contributed by atoms with Crippen molar-refractivity contribution in [2.75, 3.05) is 5.32 Å². The van der Waals surface area contributed by atoms with E-state index < -0.39 is 23.2 Å². The van der Waals surface area contributed by atoms with Gasteiger partial charge in [0.25, 0.3) is 0 Å². The van der Waals surface area contributed by atoms with Crippen molar-refractivity contribution in [1.82, 2.24) is 4.98 Å². The van der Waals surface area contributed by atoms with Crippen molar-refractivity contribution in [1.29, 1.82) is 0 Å². The van der Waals surface area contributed by atoms with Crippen LogP contribution in [0.2, 0.25) is 0 Å². The highest BCUT2D eigenvalue weighted by molar-refractivity contribution is 9.10. The molecule has 0 spiro atoms. The smallest absolute Gasteiger partial charge is 0.409 e. The standard InChI is InChI=1S/C11H10BrF2N3O5/c1-2-6(8(10(18)19)17(20)21)16-9-7(22-11(13)14)3-5(12)4-15-9/h3-4,11H,2H2,1H3,(H,15,16)(H,18,19). The Labute approximate surface area is 131 Å². The first-order chi connectivity index (χ1) is 10.3. The number of hydrogen-bond acceptors (Lipinski definition) is 6. The maximum absolute atomic E-state index is 12.4. The summed E-state index contributed by atoms with van der Waals surface area (Å²) in [4.78, 5) is 24.4. The van der Waals surface area contributed by atoms with E-state index in [1.165, 1.54) is 19.2 Å². The number of carboxylic acid groups (broad SMARTS) is 1. The molecule has 22 heavy (non-hydrogen) atoms. The lowest BCUT2D eigenvalue weighted by atomic mass is 10.2. The van der Waals surface area contributed by atoms with Crippen LogP contribution in [0.4, 0.5) is 14.6 Å². The Hall–Kier alpha value is -2.30. The number of alkyl halides is 2. The minimum Gasteiger partial charge on any atom is -0.473 e. The predicted molar refractivity (Wildman–Crippen MR) is 74.1 cm³/mol. The summed E-state index contributed by atoms with van der Waals surface area (Å²) in [6, 6.07) is 1.17. The molecule has 1 heterocycles. The first-order valence-corrected chi connectivity index (χ1v) is 6.53. The number of nitrogens with zero attached hydrogens (tertiary/aromatic N) is 2. The molecule has 0 amide bonds. The van der Waals surface area contributed by atoms with Gasteiger partial charge >= 0.3 is 18.3 Å². The fourth-order valence-electron chi connectivity index (χ4n) is 1.48. The molecular formula is C11H10BrF2N3O5. The van der Waals surface area contributed by atoms with E-state index in [2.05, 4.69) is 31.0 Å². The Kier molecular flexibility index (Phi) is 6.16. The average molecular weight is 382 g/mol. The van der Waals surface area contributed by atoms with E-state index in [1.807, 2.05) is 0 Å². The van der Waals surface area contributed by atoms with Crippen molar-refractivity contribution in [2.45, 2.75) is 20.0 Å². The van der Waals surface area contributed by atoms with Gasteiger partial charge < -0.3 is 15.2 Å². The number of aliphatic carboxylic acids is 1. The molecule has 8 nitrogen and oxygen atoms in total. The molecule has 0 aliphatic heterocycles. The van der Waals surface area contributed by atoms with Gasteiger partial charge in [-0.15, -0.1) is 0 Å². The van der Waals surface area contributed by atoms with Gasteiger partial charge in [0.15, 0.2) is 11.6 Å². The van der Waals surface area contributed by atoms with Crippen LogP contribution in [0.5, 0.6) is 5.75 Å². The van der Waals surface area contributed by atoms with Crippen LogP contribution in [0.1, 0.15) is 13.3 Å². The topological polar surface area (TPSA) is 115 Å². The van der Waals surface area contributed by atoms with Crippen LogP contribution in [0.3, 0.4) is 0 Å². The van der Waals surface area contributed by atoms with E-state index in [1.54, 1.807) is 0 Å². The molecule has 0 aromatic carbocycles. The molecule has 0 fully saturated rings. The molecule has 2 N–H and O–H groups in total. The molecule has 0 unspecified atom stereocenters. The first kappa shape index (κ1) is 17.8. The van der Waals surface area contributed by atoms with Gasteiger partial charge in [0.2, 0.25) is 0 Å². The van der Waals surface area contributed by atoms with Crippen LogP contribution in [0.15, 0.2) is 28.1 Å². The Morgan fingerprint density at radius 2 is 2.27 bits per heavy atom. The van der Waals surface area contributed by atoms with Crippen LogP contribution in [0.25, 0.3) is 0 Å². The zero-order valence-electron chi connectivity index (χ0n) is 11.0. The van der Waals surface area contributed by atoms with Crippen molar-refractivity contribution in [3.63, 3.8) is 0 Å². The summed E-state index contributed by atoms with van der Waals surface area (Å²) < 4.78 is 29.3. The number of carboxylic acids is 1. The van der Waals surface area contributed by atoms with Crippen molar-refractivity contribution < 1.29 is 28.3 Å². The van der Waals surface area contributed by atoms with Gasteiger partial charge in [0, 0.05) is 16.7 Å². The normalized spacial score (nSPS) is 11.9. The molecule has 0 radical (unpaired) electrons. The third-order valence-corrected chi connectivity index (χ3v) is 2.76. The lowest BCUT2D eigenvalue weighted by Crippen LogP contribution is -2.18. The number of pyridine rings is 1. The van der Waals surface area contributed by atoms with Crippen LogP contribution in [-0.4, -0.2) is 27.6 Å². The highest BCUT2D eigenvalue weighted by Crippen LogP contribution is 2.29. The minimum absolute atomic E-state index is 0.0610. The third-order valence-electron chi connectivity index (χ3n) is 2.33. The van der Waals surface area contributed by atoms with E-state index >= 15 is 0 Å². The second kappa shape index (κ2) is 7.64. The van der Waals surface area contributed by atoms with Crippen molar-refractivity contribution in [3.05, 3.63) is 38.2 Å². The molecule has 0 saturated carbocycles. The van der Waals surface area contributed by atoms with Gasteiger partial charge in [0.1, 0.15) is 5.70 Å². The number of rotatable bonds is 7. The molecule has 11 heteroatoms. The number of aromatic nitrogens is 1. The summed E-state index contributed by atoms with van der Waals surface area (Å²) in [5, 5.41) is 22.0. The molecule has 0 atom stereocenters. The van der Waals surface area contributed by atoms with Crippen LogP contribution < -0.4 is 10.1 Å². The summed E-state index contributed by atoms with van der Waals surface area (Å²) in [5.41, 5.74) is -1.40. The Balaban J connectivity index is 3.28. The summed E-state index contributed by atoms with van der Waals surface area (Å²) in [6.45, 7) is -1.68. The van der Waals surface area contributed by atoms with Crippen molar-refractivity contribution in [3.8, 4) is 5.75 Å². The number of nitro groups is 1. The van der Waals surface area contributed by atoms with Gasteiger partial charge in [-0.05, 0) is 22.4 Å². The number of hydrogen-bond donors (Lipinski definition) is 2. The fourth-order valence-corrected chi connectivity index (χ4v) is 1.79. The Bertz CT molecular complexity index is 608. The molecule has 0 saturated heterocycles. The zero-order valence-corrected chi connectivity index (χ0v) is 12.6. The van der Waals surface area contributed by atoms with Crippen molar-refractivity contribution >= 4 is 27.7 Å². The molecule has 1 rings (SSSR count). The lowest BCUT2D eigenvalue weighted by molar-refractivity contribution is -0.422. The molecular weight excluding hydrogens is 372 g/mol. The number of nitrogens with one attached hydrogen (secondary N) is 1. The van der Waals surface area contributed by atoms with Crippen molar-refractivity contribution in [2.24, 2.45) is 0 Å². The van der Waals surface area contributed by atoms with E-state index in [0.717, 1.165) is 0 Å². The third kappa shape index (κ3) is 4.62. The fraction of sp³-hybridized carbons (Fsp3) is 0.273. The van der Waals surface area contributed by atoms with Gasteiger partial charge in [-0.2, -0.15) is 8.78 Å². The second-order valence-electron chi connectivity index (χ2n) is 3.75. The number of halogens is 3. The van der Waals surface area contributed by atoms with Gasteiger partial charge in [-0.1, -0.05) is 6.92 Å². The Morgan fingerprint density at radius 3 is 2.73 bits per heavy atom. The number of anilines is 1. The van der Waals surface area contributed by atoms with E-state index in [-0.39, 0.29) is 23.7 Å². The summed E-state index contributed by atoms with van der Waals surface area (Å²) in [6.07, 6.45) is 1.18. The molecule has 1 aromatic heterocycles. The molecule has 120 valence electrons. The summed E-state index contributed by atoms with van der Waals surface area (Å²) in [7, 11) is 0. The van der Waals surface area contributed by atoms with Gasteiger partial charge in [-0.3, -0.25) is 10.1 Å². The van der Waals surface area contributed by atoms with E-state index in [0.29, 0.717) is 4.47 Å². The summed E-state index contributed by atoms with van der Waals surface area (Å²) in [5.74, 6) is -2.41. The summed E-state index contributed by atoms with van der Waals surface area (Å²) >= 11 is 3.02. The monoisotopic (exact) mass is 381 g/mol. The zero-order chi connectivity index (χ0) is 16.9. The van der Waals surface area contributed by atoms with Gasteiger partial charge in [0.05, 0.1) is 4.92 Å². The quantitative estimate of drug-likeness (QED) is 0.423. The first-order valence-electron chi connectivity index (χ1n) is 5.74. The highest BCUT2D eigenvalue weighted by Gasteiger charge is 2.27. The van der Waals surface area contributed by atoms with Crippen LogP contribution in [0, 0.1) is 10.1 Å². The van der Waals surface area contributed by atoms with Crippen LogP contribution in [-0.2, 0) is 4.79 Å². The van der Waals surface area contributed by atoms with E-state index in [9.17, 15) is 23.7 Å². The van der Waals surface area contributed by atoms with Crippen LogP contribution >= 0.6 is 15.9 Å². The maximum atomic E-state index is 12.4. The average Bonchev–Trinajstić information content (AvgIpc) is 2.38. The molecule has 1 aromatic rings. The molecule has 0 aliphatic rings. The predicted octanol–water partition coefficient (Wildman–Crippen LogP) is 2.84. The largest absolute Gasteiger partial charge is 0.473 e. The SMILES string of the molecule is CCC(Nc1ncc(Br)cc1OC(F)F)=C(C(=O)O)[N+](=O)[O-]. The number of carbonyl (C=O) groups is 1. The molecule has 0 aliphatic carbocycles. The minimum atomic E-state index is -3.14. The number of allylic oxidation sites excluding steroid dienone is 1. The van der Waals surface area contributed by atoms with E-state index in [4.69, 9.17) is 5.11 Å². The Morgan fingerprint density at radius 1 is 1.64 bits per heavy atom. The number of ether oxygens (including phenoxy) is 1.